The summed E-state index contributed by atoms with van der Waals surface area (Å²) in [4.78, 5) is 46.3. The van der Waals surface area contributed by atoms with Gasteiger partial charge in [-0.3, -0.25) is 14.4 Å². The normalized spacial score (nSPS) is 23.7. The summed E-state index contributed by atoms with van der Waals surface area (Å²) < 4.78 is 0. The molecule has 1 aromatic heterocycles. The Hall–Kier alpha value is -3.46. The minimum Gasteiger partial charge on any atom is -0.382 e. The van der Waals surface area contributed by atoms with Crippen LogP contribution in [0.15, 0.2) is 36.5 Å². The van der Waals surface area contributed by atoms with Crippen LogP contribution in [0.5, 0.6) is 0 Å². The van der Waals surface area contributed by atoms with Gasteiger partial charge in [0.1, 0.15) is 5.82 Å². The topological polar surface area (TPSA) is 121 Å². The highest BCUT2D eigenvalue weighted by molar-refractivity contribution is 6.02. The van der Waals surface area contributed by atoms with Gasteiger partial charge in [0.2, 0.25) is 0 Å². The van der Waals surface area contributed by atoms with Crippen LogP contribution in [-0.4, -0.2) is 71.3 Å². The molecular weight excluding hydrogens is 480 g/mol. The standard InChI is InChI=1S/C29H38N6O3/c1-3-34-12-10-21(11-13-34)32-26-14-19(4-8-25(26)28(30)37)29(38)33-22-15-23-6-7-24(16-22)35(23)27-9-5-20(17-31-27)18(2)36/h4-5,8-9,14,17,21-24,32H,3,6-7,10-13,15-16H2,1-2H3,(H2,30,37)(H,33,38)/t22-,23+,24-. The molecule has 1 aromatic carbocycles. The maximum Gasteiger partial charge on any atom is 0.251 e. The highest BCUT2D eigenvalue weighted by Gasteiger charge is 2.41. The predicted octanol–water partition coefficient (Wildman–Crippen LogP) is 3.21. The Kier molecular flexibility index (Phi) is 7.65. The second-order valence-corrected chi connectivity index (χ2v) is 10.9. The van der Waals surface area contributed by atoms with Gasteiger partial charge >= 0.3 is 0 Å². The summed E-state index contributed by atoms with van der Waals surface area (Å²) in [5.74, 6) is 0.276. The van der Waals surface area contributed by atoms with Crippen LogP contribution in [0.4, 0.5) is 11.5 Å². The number of likely N-dealkylation sites (tertiary alicyclic amines) is 1. The van der Waals surface area contributed by atoms with E-state index in [1.165, 1.54) is 0 Å². The third-order valence-corrected chi connectivity index (χ3v) is 8.43. The van der Waals surface area contributed by atoms with E-state index in [-0.39, 0.29) is 23.8 Å². The van der Waals surface area contributed by atoms with Gasteiger partial charge in [-0.15, -0.1) is 0 Å². The van der Waals surface area contributed by atoms with Crippen LogP contribution < -0.4 is 21.3 Å². The molecule has 4 N–H and O–H groups in total. The molecule has 2 bridgehead atoms. The van der Waals surface area contributed by atoms with Crippen molar-refractivity contribution in [1.82, 2.24) is 15.2 Å². The predicted molar refractivity (Wildman–Crippen MR) is 148 cm³/mol. The molecule has 4 heterocycles. The zero-order chi connectivity index (χ0) is 26.8. The van der Waals surface area contributed by atoms with Crippen molar-refractivity contribution in [3.05, 3.63) is 53.2 Å². The molecule has 3 aliphatic heterocycles. The van der Waals surface area contributed by atoms with E-state index in [0.29, 0.717) is 34.5 Å². The van der Waals surface area contributed by atoms with Crippen molar-refractivity contribution in [2.24, 2.45) is 5.73 Å². The van der Waals surface area contributed by atoms with E-state index in [9.17, 15) is 14.4 Å². The van der Waals surface area contributed by atoms with Crippen LogP contribution in [0, 0.1) is 0 Å². The van der Waals surface area contributed by atoms with Crippen molar-refractivity contribution in [3.63, 3.8) is 0 Å². The largest absolute Gasteiger partial charge is 0.382 e. The number of nitrogens with one attached hydrogen (secondary N) is 2. The Morgan fingerprint density at radius 2 is 1.66 bits per heavy atom. The van der Waals surface area contributed by atoms with Crippen LogP contribution in [-0.2, 0) is 0 Å². The summed E-state index contributed by atoms with van der Waals surface area (Å²) in [6, 6.07) is 9.80. The number of anilines is 2. The number of hydrogen-bond acceptors (Lipinski definition) is 7. The molecule has 202 valence electrons. The van der Waals surface area contributed by atoms with E-state index < -0.39 is 5.91 Å². The molecule has 9 heteroatoms. The Labute approximate surface area is 224 Å². The van der Waals surface area contributed by atoms with E-state index in [1.807, 2.05) is 12.1 Å². The van der Waals surface area contributed by atoms with Crippen molar-refractivity contribution < 1.29 is 14.4 Å². The zero-order valence-corrected chi connectivity index (χ0v) is 22.3. The van der Waals surface area contributed by atoms with E-state index in [1.54, 1.807) is 31.3 Å². The number of Topliss-reactive ketones (excluding diaryl/α,β-unsaturated/α-hetero) is 1. The maximum absolute atomic E-state index is 13.3. The Morgan fingerprint density at radius 1 is 0.974 bits per heavy atom. The van der Waals surface area contributed by atoms with Gasteiger partial charge in [-0.2, -0.15) is 0 Å². The highest BCUT2D eigenvalue weighted by atomic mass is 16.2. The zero-order valence-electron chi connectivity index (χ0n) is 22.3. The number of carbonyl (C=O) groups is 3. The smallest absolute Gasteiger partial charge is 0.251 e. The van der Waals surface area contributed by atoms with Crippen LogP contribution in [0.2, 0.25) is 0 Å². The molecule has 5 rings (SSSR count). The number of benzene rings is 1. The third kappa shape index (κ3) is 5.53. The first-order chi connectivity index (χ1) is 18.3. The number of amides is 2. The third-order valence-electron chi connectivity index (χ3n) is 8.43. The lowest BCUT2D eigenvalue weighted by molar-refractivity contribution is 0.0924. The molecule has 3 saturated heterocycles. The molecule has 2 amide bonds. The number of nitrogens with two attached hydrogens (primary N) is 1. The fourth-order valence-electron chi connectivity index (χ4n) is 6.32. The van der Waals surface area contributed by atoms with E-state index >= 15 is 0 Å². The summed E-state index contributed by atoms with van der Waals surface area (Å²) >= 11 is 0. The Balaban J connectivity index is 1.24. The quantitative estimate of drug-likeness (QED) is 0.459. The lowest BCUT2D eigenvalue weighted by atomic mass is 9.96. The number of nitrogens with zero attached hydrogens (tertiary/aromatic N) is 3. The van der Waals surface area contributed by atoms with Crippen LogP contribution in [0.25, 0.3) is 0 Å². The Morgan fingerprint density at radius 3 is 2.24 bits per heavy atom. The summed E-state index contributed by atoms with van der Waals surface area (Å²) in [5, 5.41) is 6.73. The lowest BCUT2D eigenvalue weighted by Gasteiger charge is -2.40. The molecule has 0 saturated carbocycles. The first kappa shape index (κ1) is 26.2. The van der Waals surface area contributed by atoms with E-state index in [0.717, 1.165) is 64.0 Å². The molecule has 3 aliphatic rings. The monoisotopic (exact) mass is 518 g/mol. The number of hydrogen-bond donors (Lipinski definition) is 3. The summed E-state index contributed by atoms with van der Waals surface area (Å²) in [5.41, 5.74) is 7.84. The van der Waals surface area contributed by atoms with Gasteiger partial charge in [0.25, 0.3) is 11.8 Å². The fourth-order valence-corrected chi connectivity index (χ4v) is 6.32. The molecule has 2 aromatic rings. The van der Waals surface area contributed by atoms with E-state index in [4.69, 9.17) is 5.73 Å². The lowest BCUT2D eigenvalue weighted by Crippen LogP contribution is -2.50. The van der Waals surface area contributed by atoms with Crippen LogP contribution in [0.1, 0.15) is 83.4 Å². The summed E-state index contributed by atoms with van der Waals surface area (Å²) in [6.07, 6.45) is 7.43. The van der Waals surface area contributed by atoms with Gasteiger partial charge in [0.15, 0.2) is 5.78 Å². The number of ketones is 1. The van der Waals surface area contributed by atoms with Gasteiger partial charge in [0, 0.05) is 60.3 Å². The van der Waals surface area contributed by atoms with Crippen LogP contribution in [0.3, 0.4) is 0 Å². The van der Waals surface area contributed by atoms with E-state index in [2.05, 4.69) is 32.3 Å². The van der Waals surface area contributed by atoms with Gasteiger partial charge in [-0.05, 0) is 82.3 Å². The first-order valence-corrected chi connectivity index (χ1v) is 13.8. The molecule has 38 heavy (non-hydrogen) atoms. The SMILES string of the molecule is CCN1CCC(Nc2cc(C(=O)N[C@H]3C[C@H]4CC[C@@H](C3)N4c3ccc(C(C)=O)cn3)ccc2C(N)=O)CC1. The first-order valence-electron chi connectivity index (χ1n) is 13.8. The van der Waals surface area contributed by atoms with Gasteiger partial charge < -0.3 is 26.2 Å². The molecular formula is C29H38N6O3. The summed E-state index contributed by atoms with van der Waals surface area (Å²) in [7, 11) is 0. The fraction of sp³-hybridized carbons (Fsp3) is 0.517. The van der Waals surface area contributed by atoms with Crippen molar-refractivity contribution in [2.45, 2.75) is 76.5 Å². The van der Waals surface area contributed by atoms with Crippen molar-refractivity contribution in [3.8, 4) is 0 Å². The number of piperidine rings is 2. The second-order valence-electron chi connectivity index (χ2n) is 10.9. The molecule has 0 spiro atoms. The number of carbonyl (C=O) groups excluding carboxylic acids is 3. The molecule has 3 atom stereocenters. The average molecular weight is 519 g/mol. The number of rotatable bonds is 8. The van der Waals surface area contributed by atoms with Crippen molar-refractivity contribution in [1.29, 1.82) is 0 Å². The van der Waals surface area contributed by atoms with Crippen LogP contribution >= 0.6 is 0 Å². The van der Waals surface area contributed by atoms with Crippen molar-refractivity contribution in [2.75, 3.05) is 29.9 Å². The number of aromatic nitrogens is 1. The molecule has 0 unspecified atom stereocenters. The molecule has 3 fully saturated rings. The Bertz CT molecular complexity index is 1180. The molecule has 0 radical (unpaired) electrons. The van der Waals surface area contributed by atoms with Crippen molar-refractivity contribution >= 4 is 29.1 Å². The van der Waals surface area contributed by atoms with Gasteiger partial charge in [-0.25, -0.2) is 4.98 Å². The van der Waals surface area contributed by atoms with Gasteiger partial charge in [-0.1, -0.05) is 6.92 Å². The minimum absolute atomic E-state index is 0.0116. The minimum atomic E-state index is -0.501. The van der Waals surface area contributed by atoms with Gasteiger partial charge in [0.05, 0.1) is 5.56 Å². The summed E-state index contributed by atoms with van der Waals surface area (Å²) in [6.45, 7) is 6.78. The highest BCUT2D eigenvalue weighted by Crippen LogP contribution is 2.38. The number of primary amides is 1. The number of pyridine rings is 1. The number of fused-ring (bicyclic) bond motifs is 2. The maximum atomic E-state index is 13.3. The second kappa shape index (κ2) is 11.1. The molecule has 0 aliphatic carbocycles. The molecule has 9 nitrogen and oxygen atoms in total. The average Bonchev–Trinajstić information content (AvgIpc) is 3.18.